The van der Waals surface area contributed by atoms with Crippen molar-refractivity contribution >= 4 is 29.7 Å². The highest BCUT2D eigenvalue weighted by Crippen LogP contribution is 2.06. The number of hydrogen-bond donors (Lipinski definition) is 7. The van der Waals surface area contributed by atoms with Crippen molar-refractivity contribution in [3.8, 4) is 0 Å². The lowest BCUT2D eigenvalue weighted by Gasteiger charge is -2.24. The van der Waals surface area contributed by atoms with Crippen LogP contribution in [0.4, 0.5) is 0 Å². The molecule has 1 rings (SSSR count). The molecule has 0 radical (unpaired) electrons. The molecular formula is C23H37N7O5. The monoisotopic (exact) mass is 491 g/mol. The van der Waals surface area contributed by atoms with E-state index in [0.717, 1.165) is 5.56 Å². The molecule has 194 valence electrons. The zero-order valence-electron chi connectivity index (χ0n) is 20.4. The Kier molecular flexibility index (Phi) is 12.2. The molecule has 12 nitrogen and oxygen atoms in total. The van der Waals surface area contributed by atoms with Crippen LogP contribution in [0, 0.1) is 5.92 Å². The summed E-state index contributed by atoms with van der Waals surface area (Å²) in [4.78, 5) is 53.5. The van der Waals surface area contributed by atoms with Crippen molar-refractivity contribution in [3.05, 3.63) is 35.9 Å². The molecule has 1 aromatic rings. The first-order valence-corrected chi connectivity index (χ1v) is 11.4. The fourth-order valence-corrected chi connectivity index (χ4v) is 3.07. The SMILES string of the molecule is CC(NC(=O)C(N)C(C)C)C(=O)NC(Cc1ccccc1)C(=O)NC(CCCN=C(N)N)C(=O)O. The summed E-state index contributed by atoms with van der Waals surface area (Å²) in [5.41, 5.74) is 17.1. The van der Waals surface area contributed by atoms with Crippen LogP contribution in [0.1, 0.15) is 39.2 Å². The molecule has 0 heterocycles. The van der Waals surface area contributed by atoms with Crippen LogP contribution in [0.2, 0.25) is 0 Å². The van der Waals surface area contributed by atoms with E-state index >= 15 is 0 Å². The molecule has 0 fully saturated rings. The van der Waals surface area contributed by atoms with E-state index in [1.54, 1.807) is 38.1 Å². The van der Waals surface area contributed by atoms with E-state index in [0.29, 0.717) is 6.42 Å². The molecule has 0 bridgehead atoms. The summed E-state index contributed by atoms with van der Waals surface area (Å²) in [5.74, 6) is -3.22. The molecular weight excluding hydrogens is 454 g/mol. The topological polar surface area (TPSA) is 215 Å². The van der Waals surface area contributed by atoms with E-state index in [-0.39, 0.29) is 31.3 Å². The first-order valence-electron chi connectivity index (χ1n) is 11.4. The van der Waals surface area contributed by atoms with Gasteiger partial charge in [0.1, 0.15) is 18.1 Å². The Labute approximate surface area is 205 Å². The predicted molar refractivity (Wildman–Crippen MR) is 132 cm³/mol. The molecule has 0 saturated carbocycles. The first-order chi connectivity index (χ1) is 16.4. The maximum Gasteiger partial charge on any atom is 0.326 e. The molecule has 3 amide bonds. The normalized spacial score (nSPS) is 14.2. The number of aliphatic carboxylic acids is 1. The molecule has 35 heavy (non-hydrogen) atoms. The van der Waals surface area contributed by atoms with E-state index < -0.39 is 47.9 Å². The number of rotatable bonds is 14. The minimum atomic E-state index is -1.23. The number of carboxylic acid groups (broad SMARTS) is 1. The van der Waals surface area contributed by atoms with Gasteiger partial charge in [0.15, 0.2) is 5.96 Å². The zero-order chi connectivity index (χ0) is 26.5. The maximum absolute atomic E-state index is 13.0. The lowest BCUT2D eigenvalue weighted by molar-refractivity contribution is -0.142. The van der Waals surface area contributed by atoms with Gasteiger partial charge in [0.05, 0.1) is 6.04 Å². The van der Waals surface area contributed by atoms with E-state index in [4.69, 9.17) is 17.2 Å². The predicted octanol–water partition coefficient (Wildman–Crippen LogP) is -1.18. The van der Waals surface area contributed by atoms with Gasteiger partial charge in [-0.25, -0.2) is 4.79 Å². The van der Waals surface area contributed by atoms with Crippen molar-refractivity contribution < 1.29 is 24.3 Å². The second-order valence-electron chi connectivity index (χ2n) is 8.60. The number of carbonyl (C=O) groups excluding carboxylic acids is 3. The van der Waals surface area contributed by atoms with E-state index in [1.807, 2.05) is 6.07 Å². The second kappa shape index (κ2) is 14.6. The summed E-state index contributed by atoms with van der Waals surface area (Å²) < 4.78 is 0. The number of carboxylic acids is 1. The Balaban J connectivity index is 2.93. The number of aliphatic imine (C=N–C) groups is 1. The van der Waals surface area contributed by atoms with Crippen LogP contribution in [0.25, 0.3) is 0 Å². The highest BCUT2D eigenvalue weighted by atomic mass is 16.4. The van der Waals surface area contributed by atoms with Crippen molar-refractivity contribution in [2.45, 2.75) is 64.2 Å². The van der Waals surface area contributed by atoms with Crippen LogP contribution in [0.5, 0.6) is 0 Å². The quantitative estimate of drug-likeness (QED) is 0.0953. The third-order valence-corrected chi connectivity index (χ3v) is 5.25. The molecule has 0 aliphatic heterocycles. The molecule has 10 N–H and O–H groups in total. The average molecular weight is 492 g/mol. The van der Waals surface area contributed by atoms with Crippen molar-refractivity contribution in [2.24, 2.45) is 28.1 Å². The summed E-state index contributed by atoms with van der Waals surface area (Å²) in [6.45, 7) is 5.25. The van der Waals surface area contributed by atoms with Crippen LogP contribution in [-0.4, -0.2) is 65.5 Å². The third kappa shape index (κ3) is 10.9. The molecule has 4 atom stereocenters. The zero-order valence-corrected chi connectivity index (χ0v) is 20.4. The van der Waals surface area contributed by atoms with Gasteiger partial charge in [-0.05, 0) is 31.2 Å². The largest absolute Gasteiger partial charge is 0.480 e. The Hall–Kier alpha value is -3.67. The van der Waals surface area contributed by atoms with Gasteiger partial charge in [0.2, 0.25) is 17.7 Å². The van der Waals surface area contributed by atoms with Gasteiger partial charge in [0, 0.05) is 13.0 Å². The molecule has 0 aromatic heterocycles. The molecule has 0 saturated heterocycles. The number of benzene rings is 1. The highest BCUT2D eigenvalue weighted by Gasteiger charge is 2.29. The number of amides is 3. The Morgan fingerprint density at radius 3 is 2.06 bits per heavy atom. The first kappa shape index (κ1) is 29.4. The van der Waals surface area contributed by atoms with Crippen molar-refractivity contribution in [1.29, 1.82) is 0 Å². The van der Waals surface area contributed by atoms with Gasteiger partial charge < -0.3 is 38.3 Å². The van der Waals surface area contributed by atoms with E-state index in [9.17, 15) is 24.3 Å². The number of carbonyl (C=O) groups is 4. The van der Waals surface area contributed by atoms with Gasteiger partial charge in [-0.15, -0.1) is 0 Å². The van der Waals surface area contributed by atoms with Crippen LogP contribution in [0.3, 0.4) is 0 Å². The lowest BCUT2D eigenvalue weighted by atomic mass is 10.0. The summed E-state index contributed by atoms with van der Waals surface area (Å²) in [5, 5.41) is 17.1. The standard InChI is InChI=1S/C23H37N7O5/c1-13(2)18(24)21(33)28-14(3)19(31)30-17(12-15-8-5-4-6-9-15)20(32)29-16(22(34)35)10-7-11-27-23(25)26/h4-6,8-9,13-14,16-18H,7,10-12,24H2,1-3H3,(H,28,33)(H,29,32)(H,30,31)(H,34,35)(H4,25,26,27). The molecule has 0 aliphatic rings. The fourth-order valence-electron chi connectivity index (χ4n) is 3.07. The van der Waals surface area contributed by atoms with Gasteiger partial charge in [-0.3, -0.25) is 19.4 Å². The van der Waals surface area contributed by atoms with Crippen LogP contribution in [0.15, 0.2) is 35.3 Å². The number of nitrogens with two attached hydrogens (primary N) is 3. The summed E-state index contributed by atoms with van der Waals surface area (Å²) in [6, 6.07) is 4.90. The molecule has 4 unspecified atom stereocenters. The van der Waals surface area contributed by atoms with Crippen LogP contribution in [-0.2, 0) is 25.6 Å². The van der Waals surface area contributed by atoms with E-state index in [2.05, 4.69) is 20.9 Å². The average Bonchev–Trinajstić information content (AvgIpc) is 2.79. The minimum Gasteiger partial charge on any atom is -0.480 e. The Bertz CT molecular complexity index is 888. The second-order valence-corrected chi connectivity index (χ2v) is 8.60. The Morgan fingerprint density at radius 2 is 1.51 bits per heavy atom. The lowest BCUT2D eigenvalue weighted by Crippen LogP contribution is -2.57. The molecule has 1 aromatic carbocycles. The van der Waals surface area contributed by atoms with E-state index in [1.165, 1.54) is 6.92 Å². The third-order valence-electron chi connectivity index (χ3n) is 5.25. The Morgan fingerprint density at radius 1 is 0.914 bits per heavy atom. The molecule has 12 heteroatoms. The smallest absolute Gasteiger partial charge is 0.326 e. The number of guanidine groups is 1. The maximum atomic E-state index is 13.0. The van der Waals surface area contributed by atoms with Crippen molar-refractivity contribution in [3.63, 3.8) is 0 Å². The molecule has 0 aliphatic carbocycles. The summed E-state index contributed by atoms with van der Waals surface area (Å²) in [6.07, 6.45) is 0.526. The van der Waals surface area contributed by atoms with Crippen LogP contribution < -0.4 is 33.2 Å². The fraction of sp³-hybridized carbons (Fsp3) is 0.522. The van der Waals surface area contributed by atoms with Crippen molar-refractivity contribution in [2.75, 3.05) is 6.54 Å². The van der Waals surface area contributed by atoms with Gasteiger partial charge in [0.25, 0.3) is 0 Å². The van der Waals surface area contributed by atoms with Gasteiger partial charge in [-0.2, -0.15) is 0 Å². The van der Waals surface area contributed by atoms with Gasteiger partial charge in [-0.1, -0.05) is 44.2 Å². The summed E-state index contributed by atoms with van der Waals surface area (Å²) in [7, 11) is 0. The van der Waals surface area contributed by atoms with Crippen molar-refractivity contribution in [1.82, 2.24) is 16.0 Å². The van der Waals surface area contributed by atoms with Crippen LogP contribution >= 0.6 is 0 Å². The molecule has 0 spiro atoms. The van der Waals surface area contributed by atoms with Gasteiger partial charge >= 0.3 is 5.97 Å². The summed E-state index contributed by atoms with van der Waals surface area (Å²) >= 11 is 0. The minimum absolute atomic E-state index is 0.0867. The number of nitrogens with zero attached hydrogens (tertiary/aromatic N) is 1. The highest BCUT2D eigenvalue weighted by molar-refractivity contribution is 5.94. The number of hydrogen-bond acceptors (Lipinski definition) is 6. The number of nitrogens with one attached hydrogen (secondary N) is 3.